The summed E-state index contributed by atoms with van der Waals surface area (Å²) in [5, 5.41) is 267. The molecule has 0 aromatic heterocycles. The van der Waals surface area contributed by atoms with Crippen LogP contribution in [0.15, 0.2) is 0 Å². The smallest absolute Gasteiger partial charge is 0.220 e. The summed E-state index contributed by atoms with van der Waals surface area (Å²) in [6.45, 7) is -7.87. The van der Waals surface area contributed by atoms with Crippen LogP contribution in [0.2, 0.25) is 0 Å². The van der Waals surface area contributed by atoms with E-state index >= 15 is 0 Å². The summed E-state index contributed by atoms with van der Waals surface area (Å²) in [5.41, 5.74) is 0. The van der Waals surface area contributed by atoms with Crippen molar-refractivity contribution < 1.29 is 203 Å². The fourth-order valence-corrected chi connectivity index (χ4v) is 13.4. The van der Waals surface area contributed by atoms with Gasteiger partial charge in [-0.05, 0) is 12.2 Å². The minimum atomic E-state index is -2.29. The molecule has 0 saturated carbocycles. The zero-order valence-corrected chi connectivity index (χ0v) is 52.2. The van der Waals surface area contributed by atoms with Crippen molar-refractivity contribution in [2.24, 2.45) is 0 Å². The van der Waals surface area contributed by atoms with E-state index in [2.05, 4.69) is 5.32 Å². The van der Waals surface area contributed by atoms with Gasteiger partial charge < -0.3 is 204 Å². The largest absolute Gasteiger partial charge is 0.394 e. The van der Waals surface area contributed by atoms with Gasteiger partial charge in [0.25, 0.3) is 0 Å². The number of carbonyl (C=O) groups is 1. The first-order valence-electron chi connectivity index (χ1n) is 31.4. The molecule has 22 aliphatic rings. The highest BCUT2D eigenvalue weighted by atomic mass is 32.2. The number of aliphatic hydroxyl groups is 24. The van der Waals surface area contributed by atoms with E-state index in [9.17, 15) is 127 Å². The molecule has 14 bridgehead atoms. The Morgan fingerprint density at radius 1 is 0.289 bits per heavy atom. The maximum absolute atomic E-state index is 13.4. The van der Waals surface area contributed by atoms with Crippen LogP contribution in [0, 0.1) is 0 Å². The predicted octanol–water partition coefficient (Wildman–Crippen LogP) is -16.8. The summed E-state index contributed by atoms with van der Waals surface area (Å²) in [6.07, 6.45) is -79.5. The molecule has 1 amide bonds. The Hall–Kier alpha value is -1.78. The number of nitrogens with one attached hydrogen (secondary N) is 1. The molecule has 0 aliphatic carbocycles. The van der Waals surface area contributed by atoms with Gasteiger partial charge in [-0.15, -0.1) is 0 Å². The van der Waals surface area contributed by atoms with Crippen LogP contribution in [-0.2, 0) is 80.6 Å². The van der Waals surface area contributed by atoms with E-state index < -0.39 is 304 Å². The third-order valence-corrected chi connectivity index (χ3v) is 19.2. The predicted molar refractivity (Wildman–Crippen MR) is 301 cm³/mol. The summed E-state index contributed by atoms with van der Waals surface area (Å²) in [6, 6.07) is 0. The van der Waals surface area contributed by atoms with Crippen LogP contribution in [0.5, 0.6) is 0 Å². The van der Waals surface area contributed by atoms with Gasteiger partial charge in [0, 0.05) is 18.7 Å². The first-order valence-corrected chi connectivity index (χ1v) is 32.5. The molecule has 564 valence electrons. The van der Waals surface area contributed by atoms with Crippen LogP contribution in [0.1, 0.15) is 12.8 Å². The molecule has 40 atom stereocenters. The third kappa shape index (κ3) is 17.3. The lowest BCUT2D eigenvalue weighted by atomic mass is 9.95. The van der Waals surface area contributed by atoms with Crippen LogP contribution in [0.4, 0.5) is 0 Å². The van der Waals surface area contributed by atoms with Gasteiger partial charge in [-0.2, -0.15) is 11.8 Å². The molecule has 0 aromatic carbocycles. The highest BCUT2D eigenvalue weighted by molar-refractivity contribution is 7.99. The lowest BCUT2D eigenvalue weighted by Gasteiger charge is -2.50. The fraction of sp³-hybridized carbons (Fsp3) is 0.981. The molecule has 0 radical (unpaired) electrons. The molecule has 22 rings (SSSR count). The van der Waals surface area contributed by atoms with Crippen LogP contribution in [-0.4, -0.2) is 445 Å². The van der Waals surface area contributed by atoms with Crippen LogP contribution >= 0.6 is 11.8 Å². The number of aliphatic hydroxyl groups excluding tert-OH is 24. The second-order valence-corrected chi connectivity index (χ2v) is 25.8. The maximum Gasteiger partial charge on any atom is 0.220 e. The molecule has 25 N–H and O–H groups in total. The Bertz CT molecular complexity index is 2380. The van der Waals surface area contributed by atoms with E-state index in [1.165, 1.54) is 11.8 Å². The topological polar surface area (TPSA) is 662 Å². The Morgan fingerprint density at radius 2 is 0.546 bits per heavy atom. The molecule has 22 heterocycles. The monoisotopic (exact) mass is 1440 g/mol. The van der Waals surface area contributed by atoms with Gasteiger partial charge in [-0.25, -0.2) is 0 Å². The molecule has 22 saturated heterocycles. The van der Waals surface area contributed by atoms with Crippen LogP contribution in [0.3, 0.4) is 0 Å². The van der Waals surface area contributed by atoms with Gasteiger partial charge in [0.1, 0.15) is 195 Å². The van der Waals surface area contributed by atoms with E-state index in [0.29, 0.717) is 12.2 Å². The Kier molecular flexibility index (Phi) is 28.9. The van der Waals surface area contributed by atoms with Crippen molar-refractivity contribution in [1.29, 1.82) is 0 Å². The SMILES string of the molecule is O=C(CCSCCCO[C@H]1O[C@H](CO)[C@H](O)[C@H](O)[C@H]1O)NC[C@H]1O[C@@H]2O[C@H]3[C@H](O)[C@@H](O)[C@@H](O[C@H]4[C@H](O)[C@@H](O)[C@@H](O[C@H]5[C@H](O)[C@@H](O)[C@@H](O[C@H]6[C@H](O)[C@@H](O)[C@@H](O[C@H]7[C@H](O)[C@@H](O)[C@@H](O[C@H]8[C@H](O)[C@@H](O)[C@@H](O[C@H]1[C@H](O)[C@H]2O)O[C@@H]8CO)O[C@@H]7CO)O[C@@H]6CO)O[C@@H]5CO)O[C@@H]4CO)O[C@@H]3CO. The van der Waals surface area contributed by atoms with Crippen molar-refractivity contribution in [3.05, 3.63) is 0 Å². The van der Waals surface area contributed by atoms with Gasteiger partial charge in [0.05, 0.1) is 52.9 Å². The zero-order valence-electron chi connectivity index (χ0n) is 51.4. The van der Waals surface area contributed by atoms with Gasteiger partial charge in [-0.1, -0.05) is 0 Å². The molecule has 0 unspecified atom stereocenters. The molecule has 42 nitrogen and oxygen atoms in total. The first-order chi connectivity index (χ1) is 46.2. The number of thioether (sulfide) groups is 1. The van der Waals surface area contributed by atoms with E-state index in [-0.39, 0.29) is 18.8 Å². The second kappa shape index (κ2) is 35.3. The fourth-order valence-electron chi connectivity index (χ4n) is 12.6. The molecular weight excluding hydrogens is 1350 g/mol. The quantitative estimate of drug-likeness (QED) is 0.0601. The first kappa shape index (κ1) is 79.3. The van der Waals surface area contributed by atoms with Crippen LogP contribution in [0.25, 0.3) is 0 Å². The van der Waals surface area contributed by atoms with Crippen LogP contribution < -0.4 is 5.32 Å². The highest BCUT2D eigenvalue weighted by Crippen LogP contribution is 2.39. The summed E-state index contributed by atoms with van der Waals surface area (Å²) >= 11 is 1.26. The maximum atomic E-state index is 13.4. The number of amides is 1. The molecular formula is C54H91NO41S. The van der Waals surface area contributed by atoms with Crippen molar-refractivity contribution in [2.45, 2.75) is 258 Å². The number of hydrogen-bond donors (Lipinski definition) is 25. The van der Waals surface area contributed by atoms with Crippen molar-refractivity contribution in [1.82, 2.24) is 5.32 Å². The van der Waals surface area contributed by atoms with Crippen molar-refractivity contribution in [3.8, 4) is 0 Å². The minimum Gasteiger partial charge on any atom is -0.394 e. The number of hydrogen-bond acceptors (Lipinski definition) is 42. The highest BCUT2D eigenvalue weighted by Gasteiger charge is 2.60. The third-order valence-electron chi connectivity index (χ3n) is 18.1. The Balaban J connectivity index is 0.949. The lowest BCUT2D eigenvalue weighted by molar-refractivity contribution is -0.396. The number of rotatable bonds is 17. The second-order valence-electron chi connectivity index (χ2n) is 24.6. The van der Waals surface area contributed by atoms with E-state index in [1.807, 2.05) is 0 Å². The van der Waals surface area contributed by atoms with Crippen molar-refractivity contribution in [2.75, 3.05) is 70.9 Å². The normalized spacial score (nSPS) is 51.1. The molecule has 0 aromatic rings. The number of carbonyl (C=O) groups excluding carboxylic acids is 1. The van der Waals surface area contributed by atoms with E-state index in [4.69, 9.17) is 75.8 Å². The van der Waals surface area contributed by atoms with E-state index in [1.54, 1.807) is 0 Å². The summed E-state index contributed by atoms with van der Waals surface area (Å²) < 4.78 is 91.9. The zero-order chi connectivity index (χ0) is 70.6. The summed E-state index contributed by atoms with van der Waals surface area (Å²) in [4.78, 5) is 13.4. The van der Waals surface area contributed by atoms with Gasteiger partial charge >= 0.3 is 0 Å². The average molecular weight is 1440 g/mol. The van der Waals surface area contributed by atoms with Gasteiger partial charge in [-0.3, -0.25) is 4.79 Å². The number of ether oxygens (including phenoxy) is 16. The lowest BCUT2D eigenvalue weighted by Crippen LogP contribution is -2.68. The standard InChI is InChI=1S/C54H91NO41S/c56-7-15-23(64)24(65)32(73)47(83-15)81-3-1-4-97-5-2-22(63)55-6-14-40-25(66)33(74)48(82-14)91-41-16(8-57)85-50(35(76)27(41)68)93-43-18(10-59)87-52(37(78)29(43)70)95-45-20(12-61)89-54(39(80)31(45)72)96-46-21(13-62)88-53(38(79)30(46)71)94-44-19(11-60)86-51(36(77)28(44)69)92-42-17(9-58)84-49(90-40)34(75)26(42)67/h14-21,23-54,56-62,64-80H,1-13H2,(H,55,63)/t14-,15-,16-,17-,18-,19-,20-,21-,23+,24+,25-,26-,27-,28-,29-,30-,31-,32-,33-,34-,35-,36-,37-,38-,39-,40-,41-,42-,43-,44-,45-,46-,47+,48-,49-,50-,51-,52-,53-,54-/m1/s1. The molecule has 97 heavy (non-hydrogen) atoms. The molecule has 22 fully saturated rings. The average Bonchev–Trinajstić information content (AvgIpc) is 0.788. The van der Waals surface area contributed by atoms with Crippen molar-refractivity contribution >= 4 is 17.7 Å². The van der Waals surface area contributed by atoms with Gasteiger partial charge in [0.2, 0.25) is 5.91 Å². The Morgan fingerprint density at radius 3 is 0.814 bits per heavy atom. The van der Waals surface area contributed by atoms with E-state index in [0.717, 1.165) is 0 Å². The summed E-state index contributed by atoms with van der Waals surface area (Å²) in [7, 11) is 0. The Labute approximate surface area is 554 Å². The summed E-state index contributed by atoms with van der Waals surface area (Å²) in [5.74, 6) is -0.133. The molecule has 22 aliphatic heterocycles. The molecule has 0 spiro atoms. The van der Waals surface area contributed by atoms with Gasteiger partial charge in [0.15, 0.2) is 50.3 Å². The minimum absolute atomic E-state index is 0.0224. The molecule has 43 heteroatoms. The van der Waals surface area contributed by atoms with Crippen molar-refractivity contribution in [3.63, 3.8) is 0 Å².